The number of carbonyl (C=O) groups is 1. The quantitative estimate of drug-likeness (QED) is 0.933. The molecule has 4 nitrogen and oxygen atoms in total. The molecule has 1 amide bonds. The summed E-state index contributed by atoms with van der Waals surface area (Å²) in [6.45, 7) is 4.13. The van der Waals surface area contributed by atoms with Crippen LogP contribution in [0.2, 0.25) is 0 Å². The highest BCUT2D eigenvalue weighted by molar-refractivity contribution is 6.06. The van der Waals surface area contributed by atoms with E-state index in [4.69, 9.17) is 0 Å². The minimum atomic E-state index is -0.0398. The Balaban J connectivity index is 2.36. The van der Waals surface area contributed by atoms with Crippen LogP contribution in [-0.2, 0) is 0 Å². The highest BCUT2D eigenvalue weighted by Gasteiger charge is 2.16. The van der Waals surface area contributed by atoms with Gasteiger partial charge in [0.25, 0.3) is 5.91 Å². The number of nitrogens with zero attached hydrogens (tertiary/aromatic N) is 2. The third kappa shape index (κ3) is 3.40. The van der Waals surface area contributed by atoms with Crippen LogP contribution < -0.4 is 10.2 Å². The molecular weight excluding hydrogens is 262 g/mol. The van der Waals surface area contributed by atoms with E-state index in [0.29, 0.717) is 11.4 Å². The Hall–Kier alpha value is -2.36. The normalized spacial score (nSPS) is 10.5. The average molecular weight is 283 g/mol. The topological polar surface area (TPSA) is 45.2 Å². The smallest absolute Gasteiger partial charge is 0.258 e. The zero-order chi connectivity index (χ0) is 15.4. The number of rotatable bonds is 4. The van der Waals surface area contributed by atoms with Crippen molar-refractivity contribution in [1.82, 2.24) is 4.98 Å². The van der Waals surface area contributed by atoms with E-state index >= 15 is 0 Å². The van der Waals surface area contributed by atoms with Gasteiger partial charge >= 0.3 is 0 Å². The van der Waals surface area contributed by atoms with Crippen molar-refractivity contribution in [2.75, 3.05) is 24.3 Å². The van der Waals surface area contributed by atoms with Crippen LogP contribution in [0.1, 0.15) is 35.8 Å². The molecule has 21 heavy (non-hydrogen) atoms. The third-order valence-electron chi connectivity index (χ3n) is 3.39. The lowest BCUT2D eigenvalue weighted by Gasteiger charge is -2.18. The summed E-state index contributed by atoms with van der Waals surface area (Å²) in [6, 6.07) is 13.3. The summed E-state index contributed by atoms with van der Waals surface area (Å²) < 4.78 is 0. The second-order valence-corrected chi connectivity index (χ2v) is 5.27. The van der Waals surface area contributed by atoms with Crippen LogP contribution >= 0.6 is 0 Å². The number of carbonyl (C=O) groups excluding carboxylic acids is 1. The van der Waals surface area contributed by atoms with Gasteiger partial charge in [0.15, 0.2) is 0 Å². The average Bonchev–Trinajstić information content (AvgIpc) is 2.53. The van der Waals surface area contributed by atoms with Crippen LogP contribution in [0, 0.1) is 0 Å². The van der Waals surface area contributed by atoms with Gasteiger partial charge in [0.05, 0.1) is 0 Å². The van der Waals surface area contributed by atoms with Crippen molar-refractivity contribution >= 4 is 17.4 Å². The molecule has 2 rings (SSSR count). The highest BCUT2D eigenvalue weighted by Crippen LogP contribution is 2.20. The van der Waals surface area contributed by atoms with E-state index in [2.05, 4.69) is 24.1 Å². The Kier molecular flexibility index (Phi) is 4.58. The van der Waals surface area contributed by atoms with Crippen molar-refractivity contribution in [2.45, 2.75) is 19.8 Å². The van der Waals surface area contributed by atoms with Gasteiger partial charge in [0, 0.05) is 31.0 Å². The maximum atomic E-state index is 12.7. The van der Waals surface area contributed by atoms with Gasteiger partial charge < -0.3 is 10.2 Å². The molecule has 1 aromatic heterocycles. The molecule has 0 aliphatic rings. The zero-order valence-corrected chi connectivity index (χ0v) is 12.9. The standard InChI is InChI=1S/C17H21N3O/c1-12(2)15-10-13(11-16(18-3)19-15)17(21)20(4)14-8-6-5-7-9-14/h5-12H,1-4H3,(H,18,19). The SMILES string of the molecule is CNc1cc(C(=O)N(C)c2ccccc2)cc(C(C)C)n1. The molecule has 1 aromatic carbocycles. The minimum Gasteiger partial charge on any atom is -0.373 e. The van der Waals surface area contributed by atoms with Gasteiger partial charge in [0.1, 0.15) is 5.82 Å². The van der Waals surface area contributed by atoms with E-state index < -0.39 is 0 Å². The van der Waals surface area contributed by atoms with Crippen molar-refractivity contribution in [1.29, 1.82) is 0 Å². The minimum absolute atomic E-state index is 0.0398. The number of benzene rings is 1. The summed E-state index contributed by atoms with van der Waals surface area (Å²) in [5.74, 6) is 0.944. The number of aromatic nitrogens is 1. The molecule has 2 aromatic rings. The summed E-state index contributed by atoms with van der Waals surface area (Å²) in [5.41, 5.74) is 2.42. The third-order valence-corrected chi connectivity index (χ3v) is 3.39. The van der Waals surface area contributed by atoms with Crippen LogP contribution in [0.3, 0.4) is 0 Å². The van der Waals surface area contributed by atoms with Gasteiger partial charge in [-0.2, -0.15) is 0 Å². The van der Waals surface area contributed by atoms with Crippen molar-refractivity contribution in [3.05, 3.63) is 53.7 Å². The van der Waals surface area contributed by atoms with Crippen molar-refractivity contribution in [3.8, 4) is 0 Å². The zero-order valence-electron chi connectivity index (χ0n) is 12.9. The first-order valence-corrected chi connectivity index (χ1v) is 7.05. The largest absolute Gasteiger partial charge is 0.373 e. The first-order valence-electron chi connectivity index (χ1n) is 7.05. The van der Waals surface area contributed by atoms with E-state index in [-0.39, 0.29) is 11.8 Å². The van der Waals surface area contributed by atoms with Crippen LogP contribution in [0.5, 0.6) is 0 Å². The molecule has 0 bridgehead atoms. The van der Waals surface area contributed by atoms with Crippen LogP contribution in [-0.4, -0.2) is 25.0 Å². The van der Waals surface area contributed by atoms with Crippen LogP contribution in [0.4, 0.5) is 11.5 Å². The van der Waals surface area contributed by atoms with E-state index in [0.717, 1.165) is 11.4 Å². The summed E-state index contributed by atoms with van der Waals surface area (Å²) in [7, 11) is 3.59. The number of hydrogen-bond acceptors (Lipinski definition) is 3. The fraction of sp³-hybridized carbons (Fsp3) is 0.294. The molecule has 1 heterocycles. The van der Waals surface area contributed by atoms with Gasteiger partial charge in [-0.05, 0) is 30.2 Å². The first kappa shape index (κ1) is 15.0. The molecule has 1 N–H and O–H groups in total. The van der Waals surface area contributed by atoms with E-state index in [1.807, 2.05) is 43.4 Å². The van der Waals surface area contributed by atoms with E-state index in [1.165, 1.54) is 0 Å². The molecule has 0 unspecified atom stereocenters. The molecule has 0 radical (unpaired) electrons. The van der Waals surface area contributed by atoms with E-state index in [1.54, 1.807) is 18.0 Å². The van der Waals surface area contributed by atoms with Gasteiger partial charge in [0.2, 0.25) is 0 Å². The lowest BCUT2D eigenvalue weighted by Crippen LogP contribution is -2.26. The predicted octanol–water partition coefficient (Wildman–Crippen LogP) is 3.52. The fourth-order valence-corrected chi connectivity index (χ4v) is 2.06. The van der Waals surface area contributed by atoms with Crippen LogP contribution in [0.25, 0.3) is 0 Å². The number of pyridine rings is 1. The maximum Gasteiger partial charge on any atom is 0.258 e. The molecule has 0 aliphatic heterocycles. The van der Waals surface area contributed by atoms with Crippen LogP contribution in [0.15, 0.2) is 42.5 Å². The molecule has 110 valence electrons. The number of hydrogen-bond donors (Lipinski definition) is 1. The fourth-order valence-electron chi connectivity index (χ4n) is 2.06. The number of anilines is 2. The number of amides is 1. The van der Waals surface area contributed by atoms with Gasteiger partial charge in [-0.1, -0.05) is 32.0 Å². The summed E-state index contributed by atoms with van der Waals surface area (Å²) in [4.78, 5) is 18.8. The molecule has 0 aliphatic carbocycles. The van der Waals surface area contributed by atoms with Crippen molar-refractivity contribution in [3.63, 3.8) is 0 Å². The van der Waals surface area contributed by atoms with Gasteiger partial charge in [-0.15, -0.1) is 0 Å². The second-order valence-electron chi connectivity index (χ2n) is 5.27. The monoisotopic (exact) mass is 283 g/mol. The number of nitrogens with one attached hydrogen (secondary N) is 1. The van der Waals surface area contributed by atoms with E-state index in [9.17, 15) is 4.79 Å². The summed E-state index contributed by atoms with van der Waals surface area (Å²) >= 11 is 0. The second kappa shape index (κ2) is 6.39. The molecule has 4 heteroatoms. The molecule has 0 saturated carbocycles. The Labute approximate surface area is 125 Å². The lowest BCUT2D eigenvalue weighted by atomic mass is 10.1. The highest BCUT2D eigenvalue weighted by atomic mass is 16.2. The number of para-hydroxylation sites is 1. The summed E-state index contributed by atoms with van der Waals surface area (Å²) in [5, 5.41) is 3.01. The predicted molar refractivity (Wildman–Crippen MR) is 87.0 cm³/mol. The summed E-state index contributed by atoms with van der Waals surface area (Å²) in [6.07, 6.45) is 0. The van der Waals surface area contributed by atoms with Crippen molar-refractivity contribution in [2.24, 2.45) is 0 Å². The maximum absolute atomic E-state index is 12.7. The molecule has 0 saturated heterocycles. The Morgan fingerprint density at radius 3 is 2.43 bits per heavy atom. The van der Waals surface area contributed by atoms with Gasteiger partial charge in [-0.25, -0.2) is 4.98 Å². The first-order chi connectivity index (χ1) is 10.0. The Bertz CT molecular complexity index is 623. The Morgan fingerprint density at radius 2 is 1.86 bits per heavy atom. The lowest BCUT2D eigenvalue weighted by molar-refractivity contribution is 0.0993. The molecule has 0 spiro atoms. The van der Waals surface area contributed by atoms with Crippen molar-refractivity contribution < 1.29 is 4.79 Å². The molecule has 0 fully saturated rings. The molecular formula is C17H21N3O. The Morgan fingerprint density at radius 1 is 1.19 bits per heavy atom. The van der Waals surface area contributed by atoms with Gasteiger partial charge in [-0.3, -0.25) is 4.79 Å². The molecule has 0 atom stereocenters.